The number of hydrogen-bond donors (Lipinski definition) is 1. The molecule has 0 radical (unpaired) electrons. The fourth-order valence-electron chi connectivity index (χ4n) is 3.69. The van der Waals surface area contributed by atoms with E-state index >= 15 is 0 Å². The number of carbonyl (C=O) groups excluding carboxylic acids is 2. The summed E-state index contributed by atoms with van der Waals surface area (Å²) in [7, 11) is -3.78. The molecule has 2 aromatic rings. The Labute approximate surface area is 218 Å². The molecule has 35 heavy (non-hydrogen) atoms. The monoisotopic (exact) mass is 541 g/mol. The zero-order valence-corrected chi connectivity index (χ0v) is 23.0. The predicted molar refractivity (Wildman–Crippen MR) is 142 cm³/mol. The minimum absolute atomic E-state index is 0.0647. The molecular weight excluding hydrogens is 509 g/mol. The quantitative estimate of drug-likeness (QED) is 0.441. The van der Waals surface area contributed by atoms with Gasteiger partial charge in [-0.15, -0.1) is 0 Å². The molecule has 0 aliphatic heterocycles. The highest BCUT2D eigenvalue weighted by Crippen LogP contribution is 2.25. The topological polar surface area (TPSA) is 86.8 Å². The molecule has 0 aromatic heterocycles. The molecular formula is C25H33Cl2N3O4S. The van der Waals surface area contributed by atoms with Crippen LogP contribution in [0.5, 0.6) is 0 Å². The van der Waals surface area contributed by atoms with Crippen molar-refractivity contribution in [1.82, 2.24) is 10.2 Å². The first-order valence-electron chi connectivity index (χ1n) is 11.5. The summed E-state index contributed by atoms with van der Waals surface area (Å²) >= 11 is 12.2. The molecule has 0 bridgehead atoms. The second-order valence-corrected chi connectivity index (χ2v) is 11.3. The summed E-state index contributed by atoms with van der Waals surface area (Å²) in [6.45, 7) is 7.70. The summed E-state index contributed by atoms with van der Waals surface area (Å²) in [6.07, 6.45) is 1.40. The van der Waals surface area contributed by atoms with Gasteiger partial charge in [0.2, 0.25) is 21.8 Å². The number of carbonyl (C=O) groups is 2. The van der Waals surface area contributed by atoms with E-state index in [-0.39, 0.29) is 18.4 Å². The Morgan fingerprint density at radius 2 is 1.63 bits per heavy atom. The van der Waals surface area contributed by atoms with Crippen LogP contribution >= 0.6 is 23.2 Å². The molecule has 0 saturated heterocycles. The predicted octanol–water partition coefficient (Wildman–Crippen LogP) is 4.83. The van der Waals surface area contributed by atoms with Crippen LogP contribution in [0.15, 0.2) is 42.5 Å². The molecule has 192 valence electrons. The first-order valence-corrected chi connectivity index (χ1v) is 14.1. The molecule has 0 aliphatic carbocycles. The van der Waals surface area contributed by atoms with E-state index in [1.54, 1.807) is 44.2 Å². The van der Waals surface area contributed by atoms with Gasteiger partial charge in [0.15, 0.2) is 0 Å². The van der Waals surface area contributed by atoms with Crippen molar-refractivity contribution < 1.29 is 18.0 Å². The van der Waals surface area contributed by atoms with E-state index in [0.29, 0.717) is 34.3 Å². The normalized spacial score (nSPS) is 12.3. The fourth-order valence-corrected chi connectivity index (χ4v) is 4.86. The summed E-state index contributed by atoms with van der Waals surface area (Å²) in [6, 6.07) is 11.3. The van der Waals surface area contributed by atoms with Crippen LogP contribution in [-0.4, -0.2) is 50.5 Å². The van der Waals surface area contributed by atoms with Crippen LogP contribution in [0.4, 0.5) is 5.69 Å². The first-order chi connectivity index (χ1) is 16.4. The minimum atomic E-state index is -3.78. The van der Waals surface area contributed by atoms with Crippen molar-refractivity contribution in [3.05, 3.63) is 63.6 Å². The van der Waals surface area contributed by atoms with Crippen molar-refractivity contribution in [1.29, 1.82) is 0 Å². The van der Waals surface area contributed by atoms with Crippen molar-refractivity contribution in [2.45, 2.75) is 52.6 Å². The van der Waals surface area contributed by atoms with Gasteiger partial charge in [0.05, 0.1) is 22.0 Å². The van der Waals surface area contributed by atoms with Crippen molar-refractivity contribution in [2.75, 3.05) is 23.7 Å². The Kier molecular flexibility index (Phi) is 10.4. The summed E-state index contributed by atoms with van der Waals surface area (Å²) in [5.41, 5.74) is 2.10. The molecule has 2 aromatic carbocycles. The zero-order chi connectivity index (χ0) is 26.3. The van der Waals surface area contributed by atoms with Crippen LogP contribution in [-0.2, 0) is 26.2 Å². The van der Waals surface area contributed by atoms with Crippen LogP contribution < -0.4 is 9.62 Å². The summed E-state index contributed by atoms with van der Waals surface area (Å²) in [5.74, 6) is -0.537. The third-order valence-corrected chi connectivity index (χ3v) is 7.48. The lowest BCUT2D eigenvalue weighted by atomic mass is 10.0. The van der Waals surface area contributed by atoms with Gasteiger partial charge in [0, 0.05) is 13.1 Å². The lowest BCUT2D eigenvalue weighted by molar-refractivity contribution is -0.140. The molecule has 0 spiro atoms. The zero-order valence-electron chi connectivity index (χ0n) is 20.7. The van der Waals surface area contributed by atoms with E-state index in [1.165, 1.54) is 4.90 Å². The van der Waals surface area contributed by atoms with Crippen LogP contribution in [0, 0.1) is 0 Å². The molecule has 1 atom stereocenters. The summed E-state index contributed by atoms with van der Waals surface area (Å²) < 4.78 is 26.4. The lowest BCUT2D eigenvalue weighted by Crippen LogP contribution is -2.52. The van der Waals surface area contributed by atoms with Crippen LogP contribution in [0.25, 0.3) is 0 Å². The molecule has 7 nitrogen and oxygen atoms in total. The molecule has 2 amide bonds. The van der Waals surface area contributed by atoms with Gasteiger partial charge in [-0.2, -0.15) is 0 Å². The van der Waals surface area contributed by atoms with Crippen molar-refractivity contribution >= 4 is 50.7 Å². The Balaban J connectivity index is 2.44. The van der Waals surface area contributed by atoms with Gasteiger partial charge in [-0.05, 0) is 54.7 Å². The maximum absolute atomic E-state index is 13.6. The van der Waals surface area contributed by atoms with E-state index in [1.807, 2.05) is 26.0 Å². The number of nitrogens with one attached hydrogen (secondary N) is 1. The lowest BCUT2D eigenvalue weighted by Gasteiger charge is -2.33. The van der Waals surface area contributed by atoms with E-state index in [9.17, 15) is 18.0 Å². The maximum Gasteiger partial charge on any atom is 0.244 e. The average Bonchev–Trinajstić information content (AvgIpc) is 2.79. The number of hydrogen-bond acceptors (Lipinski definition) is 4. The number of anilines is 1. The molecule has 2 rings (SSSR count). The molecule has 1 N–H and O–H groups in total. The van der Waals surface area contributed by atoms with Crippen LogP contribution in [0.1, 0.15) is 51.2 Å². The Morgan fingerprint density at radius 3 is 2.11 bits per heavy atom. The maximum atomic E-state index is 13.6. The highest BCUT2D eigenvalue weighted by Gasteiger charge is 2.31. The van der Waals surface area contributed by atoms with E-state index < -0.39 is 28.5 Å². The highest BCUT2D eigenvalue weighted by atomic mass is 35.5. The van der Waals surface area contributed by atoms with Crippen molar-refractivity contribution in [3.8, 4) is 0 Å². The number of nitrogens with zero attached hydrogens (tertiary/aromatic N) is 2. The second kappa shape index (κ2) is 12.6. The van der Waals surface area contributed by atoms with Gasteiger partial charge < -0.3 is 10.2 Å². The Bertz CT molecular complexity index is 1140. The highest BCUT2D eigenvalue weighted by molar-refractivity contribution is 7.92. The fraction of sp³-hybridized carbons (Fsp3) is 0.440. The average molecular weight is 543 g/mol. The van der Waals surface area contributed by atoms with Gasteiger partial charge in [-0.1, -0.05) is 62.2 Å². The Hall–Kier alpha value is -2.29. The minimum Gasteiger partial charge on any atom is -0.355 e. The SMILES string of the molecule is CCNC(=O)[C@H](CC)N(Cc1ccc(Cl)c(Cl)c1)C(=O)CN(c1ccc(C(C)C)cc1)S(C)(=O)=O. The van der Waals surface area contributed by atoms with Gasteiger partial charge >= 0.3 is 0 Å². The molecule has 0 unspecified atom stereocenters. The smallest absolute Gasteiger partial charge is 0.244 e. The van der Waals surface area contributed by atoms with E-state index in [2.05, 4.69) is 5.32 Å². The second-order valence-electron chi connectivity index (χ2n) is 8.60. The third kappa shape index (κ3) is 7.85. The van der Waals surface area contributed by atoms with Crippen LogP contribution in [0.2, 0.25) is 10.0 Å². The van der Waals surface area contributed by atoms with Gasteiger partial charge in [0.1, 0.15) is 12.6 Å². The van der Waals surface area contributed by atoms with Crippen LogP contribution in [0.3, 0.4) is 0 Å². The number of benzene rings is 2. The Morgan fingerprint density at radius 1 is 1.00 bits per heavy atom. The number of rotatable bonds is 11. The summed E-state index contributed by atoms with van der Waals surface area (Å²) in [4.78, 5) is 27.8. The van der Waals surface area contributed by atoms with Gasteiger partial charge in [-0.25, -0.2) is 8.42 Å². The number of likely N-dealkylation sites (N-methyl/N-ethyl adjacent to an activating group) is 1. The number of sulfonamides is 1. The molecule has 0 heterocycles. The van der Waals surface area contributed by atoms with Crippen molar-refractivity contribution in [2.24, 2.45) is 0 Å². The largest absolute Gasteiger partial charge is 0.355 e. The number of halogens is 2. The standard InChI is InChI=1S/C25H33Cl2N3O4S/c1-6-23(25(32)28-7-2)29(15-18-8-13-21(26)22(27)14-18)24(31)16-30(35(5,33)34)20-11-9-19(10-12-20)17(3)4/h8-14,17,23H,6-7,15-16H2,1-5H3,(H,28,32)/t23-/m0/s1. The van der Waals surface area contributed by atoms with Gasteiger partial charge in [0.25, 0.3) is 0 Å². The molecule has 0 aliphatic rings. The molecule has 10 heteroatoms. The number of amides is 2. The van der Waals surface area contributed by atoms with E-state index in [0.717, 1.165) is 16.1 Å². The van der Waals surface area contributed by atoms with Gasteiger partial charge in [-0.3, -0.25) is 13.9 Å². The van der Waals surface area contributed by atoms with E-state index in [4.69, 9.17) is 23.2 Å². The molecule has 0 saturated carbocycles. The first kappa shape index (κ1) is 28.9. The summed E-state index contributed by atoms with van der Waals surface area (Å²) in [5, 5.41) is 3.46. The van der Waals surface area contributed by atoms with Crippen molar-refractivity contribution in [3.63, 3.8) is 0 Å². The third-order valence-electron chi connectivity index (χ3n) is 5.60. The molecule has 0 fully saturated rings.